The molecule has 0 spiro atoms. The Balaban J connectivity index is 1.51. The van der Waals surface area contributed by atoms with Crippen molar-refractivity contribution in [1.29, 1.82) is 0 Å². The quantitative estimate of drug-likeness (QED) is 0.258. The Morgan fingerprint density at radius 3 is 1.61 bits per heavy atom. The van der Waals surface area contributed by atoms with Gasteiger partial charge in [-0.2, -0.15) is 0 Å². The average molecular weight is 462 g/mol. The Morgan fingerprint density at radius 2 is 1.06 bits per heavy atom. The fraction of sp³-hybridized carbons (Fsp3) is 0. The number of hydrogen-bond donors (Lipinski definition) is 0. The van der Waals surface area contributed by atoms with Gasteiger partial charge in [0, 0.05) is 34.5 Å². The number of rotatable bonds is 4. The summed E-state index contributed by atoms with van der Waals surface area (Å²) in [6.07, 6.45) is 5.62. The van der Waals surface area contributed by atoms with Crippen molar-refractivity contribution < 1.29 is 0 Å². The maximum atomic E-state index is 4.22. The molecule has 0 amide bonds. The molecule has 0 aliphatic carbocycles. The molecule has 2 heterocycles. The Morgan fingerprint density at radius 1 is 0.472 bits per heavy atom. The third-order valence-corrected chi connectivity index (χ3v) is 6.87. The Kier molecular flexibility index (Phi) is 4.78. The highest BCUT2D eigenvalue weighted by Crippen LogP contribution is 2.37. The van der Waals surface area contributed by atoms with Crippen LogP contribution in [0, 0.1) is 0 Å². The largest absolute Gasteiger partial charge is 0.309 e. The van der Waals surface area contributed by atoms with Gasteiger partial charge in [0.1, 0.15) is 0 Å². The first-order valence-corrected chi connectivity index (χ1v) is 12.1. The zero-order valence-electron chi connectivity index (χ0n) is 19.6. The summed E-state index contributed by atoms with van der Waals surface area (Å²) in [5.41, 5.74) is 9.49. The lowest BCUT2D eigenvalue weighted by molar-refractivity contribution is 1.05. The SMILES string of the molecule is c1ccc(-c2ccc3c(c2)c2cc(-c4ccccc4)ccc2n3-c2cccc(-n3ccnc3)c2)cc1. The highest BCUT2D eigenvalue weighted by atomic mass is 15.0. The fourth-order valence-corrected chi connectivity index (χ4v) is 5.13. The van der Waals surface area contributed by atoms with E-state index in [1.807, 2.05) is 23.3 Å². The van der Waals surface area contributed by atoms with Crippen molar-refractivity contribution in [2.75, 3.05) is 0 Å². The summed E-state index contributed by atoms with van der Waals surface area (Å²) in [5.74, 6) is 0. The van der Waals surface area contributed by atoms with E-state index in [4.69, 9.17) is 0 Å². The van der Waals surface area contributed by atoms with Crippen molar-refractivity contribution >= 4 is 21.8 Å². The van der Waals surface area contributed by atoms with E-state index in [0.717, 1.165) is 11.4 Å². The second-order valence-corrected chi connectivity index (χ2v) is 9.02. The minimum absolute atomic E-state index is 1.09. The van der Waals surface area contributed by atoms with Crippen molar-refractivity contribution in [2.45, 2.75) is 0 Å². The highest BCUT2D eigenvalue weighted by Gasteiger charge is 2.15. The van der Waals surface area contributed by atoms with Gasteiger partial charge in [-0.15, -0.1) is 0 Å². The van der Waals surface area contributed by atoms with Crippen LogP contribution in [0.1, 0.15) is 0 Å². The van der Waals surface area contributed by atoms with Gasteiger partial charge in [-0.3, -0.25) is 0 Å². The molecular formula is C33H23N3. The van der Waals surface area contributed by atoms with E-state index in [9.17, 15) is 0 Å². The Bertz CT molecular complexity index is 1720. The summed E-state index contributed by atoms with van der Waals surface area (Å²) in [5, 5.41) is 2.49. The topological polar surface area (TPSA) is 22.8 Å². The van der Waals surface area contributed by atoms with E-state index < -0.39 is 0 Å². The van der Waals surface area contributed by atoms with Gasteiger partial charge >= 0.3 is 0 Å². The minimum Gasteiger partial charge on any atom is -0.309 e. The number of imidazole rings is 1. The maximum Gasteiger partial charge on any atom is 0.0991 e. The molecule has 3 heteroatoms. The molecule has 3 nitrogen and oxygen atoms in total. The third kappa shape index (κ3) is 3.41. The van der Waals surface area contributed by atoms with E-state index in [1.165, 1.54) is 44.1 Å². The zero-order chi connectivity index (χ0) is 23.9. The Hall–Kier alpha value is -4.89. The summed E-state index contributed by atoms with van der Waals surface area (Å²) in [6.45, 7) is 0. The normalized spacial score (nSPS) is 11.3. The smallest absolute Gasteiger partial charge is 0.0991 e. The number of aromatic nitrogens is 3. The van der Waals surface area contributed by atoms with Crippen molar-refractivity contribution in [3.63, 3.8) is 0 Å². The van der Waals surface area contributed by atoms with Gasteiger partial charge in [-0.1, -0.05) is 78.9 Å². The molecule has 0 fully saturated rings. The van der Waals surface area contributed by atoms with Crippen LogP contribution in [0.5, 0.6) is 0 Å². The molecule has 0 aliphatic rings. The van der Waals surface area contributed by atoms with E-state index in [1.54, 1.807) is 0 Å². The van der Waals surface area contributed by atoms with Crippen LogP contribution in [0.3, 0.4) is 0 Å². The molecule has 36 heavy (non-hydrogen) atoms. The summed E-state index contributed by atoms with van der Waals surface area (Å²) in [4.78, 5) is 4.22. The molecule has 0 unspecified atom stereocenters. The van der Waals surface area contributed by atoms with Crippen LogP contribution in [-0.4, -0.2) is 14.1 Å². The van der Waals surface area contributed by atoms with Crippen LogP contribution in [0.25, 0.3) is 55.4 Å². The molecular weight excluding hydrogens is 438 g/mol. The zero-order valence-corrected chi connectivity index (χ0v) is 19.6. The first kappa shape index (κ1) is 20.5. The van der Waals surface area contributed by atoms with E-state index in [-0.39, 0.29) is 0 Å². The standard InChI is InChI=1S/C33H23N3/c1-3-8-24(9-4-1)26-14-16-32-30(20-26)31-21-27(25-10-5-2-6-11-25)15-17-33(31)36(32)29-13-7-12-28(22-29)35-19-18-34-23-35/h1-23H. The molecule has 0 saturated heterocycles. The number of benzene rings is 5. The fourth-order valence-electron chi connectivity index (χ4n) is 5.13. The molecule has 7 aromatic rings. The molecule has 170 valence electrons. The number of fused-ring (bicyclic) bond motifs is 3. The van der Waals surface area contributed by atoms with Crippen molar-refractivity contribution in [3.05, 3.63) is 140 Å². The molecule has 0 radical (unpaired) electrons. The molecule has 2 aromatic heterocycles. The summed E-state index contributed by atoms with van der Waals surface area (Å²) < 4.78 is 4.41. The van der Waals surface area contributed by atoms with Gasteiger partial charge in [0.25, 0.3) is 0 Å². The summed E-state index contributed by atoms with van der Waals surface area (Å²) in [6, 6.07) is 43.4. The molecule has 0 saturated carbocycles. The summed E-state index contributed by atoms with van der Waals surface area (Å²) in [7, 11) is 0. The molecule has 0 bridgehead atoms. The molecule has 0 atom stereocenters. The van der Waals surface area contributed by atoms with E-state index >= 15 is 0 Å². The summed E-state index contributed by atoms with van der Waals surface area (Å²) >= 11 is 0. The lowest BCUT2D eigenvalue weighted by atomic mass is 10.0. The van der Waals surface area contributed by atoms with Gasteiger partial charge in [0.05, 0.1) is 17.4 Å². The van der Waals surface area contributed by atoms with Crippen LogP contribution in [-0.2, 0) is 0 Å². The van der Waals surface area contributed by atoms with E-state index in [2.05, 4.69) is 131 Å². The predicted molar refractivity (Wildman–Crippen MR) is 149 cm³/mol. The van der Waals surface area contributed by atoms with E-state index in [0.29, 0.717) is 0 Å². The third-order valence-electron chi connectivity index (χ3n) is 6.87. The minimum atomic E-state index is 1.09. The van der Waals surface area contributed by atoms with Crippen molar-refractivity contribution in [1.82, 2.24) is 14.1 Å². The Labute approximate surface area is 209 Å². The van der Waals surface area contributed by atoms with Gasteiger partial charge in [-0.25, -0.2) is 4.98 Å². The number of nitrogens with zero attached hydrogens (tertiary/aromatic N) is 3. The lowest BCUT2D eigenvalue weighted by Gasteiger charge is -2.11. The van der Waals surface area contributed by atoms with Crippen molar-refractivity contribution in [2.24, 2.45) is 0 Å². The molecule has 7 rings (SSSR count). The molecule has 0 N–H and O–H groups in total. The lowest BCUT2D eigenvalue weighted by Crippen LogP contribution is -1.97. The van der Waals surface area contributed by atoms with Crippen molar-refractivity contribution in [3.8, 4) is 33.6 Å². The second-order valence-electron chi connectivity index (χ2n) is 9.02. The molecule has 0 aliphatic heterocycles. The first-order chi connectivity index (χ1) is 17.8. The van der Waals surface area contributed by atoms with Crippen LogP contribution >= 0.6 is 0 Å². The number of hydrogen-bond acceptors (Lipinski definition) is 1. The van der Waals surface area contributed by atoms with Gasteiger partial charge < -0.3 is 9.13 Å². The van der Waals surface area contributed by atoms with Crippen LogP contribution in [0.4, 0.5) is 0 Å². The van der Waals surface area contributed by atoms with Crippen LogP contribution in [0.15, 0.2) is 140 Å². The van der Waals surface area contributed by atoms with Crippen LogP contribution in [0.2, 0.25) is 0 Å². The van der Waals surface area contributed by atoms with Gasteiger partial charge in [0.2, 0.25) is 0 Å². The first-order valence-electron chi connectivity index (χ1n) is 12.1. The maximum absolute atomic E-state index is 4.22. The predicted octanol–water partition coefficient (Wildman–Crippen LogP) is 8.30. The molecule has 5 aromatic carbocycles. The second kappa shape index (κ2) is 8.40. The average Bonchev–Trinajstić information content (AvgIpc) is 3.60. The van der Waals surface area contributed by atoms with Gasteiger partial charge in [0.15, 0.2) is 0 Å². The highest BCUT2D eigenvalue weighted by molar-refractivity contribution is 6.11. The van der Waals surface area contributed by atoms with Gasteiger partial charge in [-0.05, 0) is 64.7 Å². The monoisotopic (exact) mass is 461 g/mol. The van der Waals surface area contributed by atoms with Crippen LogP contribution < -0.4 is 0 Å².